The van der Waals surface area contributed by atoms with Crippen molar-refractivity contribution in [2.75, 3.05) is 0 Å². The molecule has 0 radical (unpaired) electrons. The highest BCUT2D eigenvalue weighted by molar-refractivity contribution is 7.98. The van der Waals surface area contributed by atoms with E-state index >= 15 is 0 Å². The quantitative estimate of drug-likeness (QED) is 0.320. The Hall–Kier alpha value is -1.67. The summed E-state index contributed by atoms with van der Waals surface area (Å²) >= 11 is 14.3. The first-order valence-corrected chi connectivity index (χ1v) is 9.60. The zero-order valence-electron chi connectivity index (χ0n) is 12.2. The van der Waals surface area contributed by atoms with Gasteiger partial charge in [0.15, 0.2) is 9.54 Å². The molecule has 0 aliphatic carbocycles. The molecule has 2 aromatic heterocycles. The maximum absolute atomic E-state index is 5.92. The van der Waals surface area contributed by atoms with Crippen molar-refractivity contribution < 1.29 is 4.42 Å². The van der Waals surface area contributed by atoms with Gasteiger partial charge in [0.2, 0.25) is 0 Å². The fraction of sp³-hybridized carbons (Fsp3) is 0.0625. The molecule has 0 spiro atoms. The van der Waals surface area contributed by atoms with Crippen molar-refractivity contribution in [1.82, 2.24) is 14.8 Å². The van der Waals surface area contributed by atoms with Crippen LogP contribution in [0.1, 0.15) is 0 Å². The molecule has 0 N–H and O–H groups in total. The molecular weight excluding hydrogens is 382 g/mol. The maximum atomic E-state index is 5.92. The third kappa shape index (κ3) is 3.25. The highest BCUT2D eigenvalue weighted by atomic mass is 35.5. The number of thioether (sulfide) groups is 1. The fourth-order valence-electron chi connectivity index (χ4n) is 2.13. The van der Waals surface area contributed by atoms with Gasteiger partial charge in [0.05, 0.1) is 5.88 Å². The number of hydrogen-bond acceptors (Lipinski definition) is 6. The van der Waals surface area contributed by atoms with E-state index in [-0.39, 0.29) is 0 Å². The minimum atomic E-state index is 0.551. The lowest BCUT2D eigenvalue weighted by atomic mass is 10.2. The standard InChI is InChI=1S/C16H10ClN3OS3/c17-11-7-5-10(6-8-11)14-19-20(16(22)24-14)9-23-15-18-12-3-1-2-4-13(12)21-15/h1-8H,9H2. The van der Waals surface area contributed by atoms with Crippen molar-refractivity contribution in [2.45, 2.75) is 11.1 Å². The van der Waals surface area contributed by atoms with Crippen LogP contribution in [0, 0.1) is 3.95 Å². The maximum Gasteiger partial charge on any atom is 0.258 e. The van der Waals surface area contributed by atoms with Crippen LogP contribution in [0.4, 0.5) is 0 Å². The lowest BCUT2D eigenvalue weighted by Gasteiger charge is -1.98. The van der Waals surface area contributed by atoms with Crippen LogP contribution in [0.15, 0.2) is 58.2 Å². The summed E-state index contributed by atoms with van der Waals surface area (Å²) in [6.45, 7) is 0. The number of fused-ring (bicyclic) bond motifs is 1. The molecule has 4 rings (SSSR count). The highest BCUT2D eigenvalue weighted by Crippen LogP contribution is 2.28. The van der Waals surface area contributed by atoms with Crippen molar-refractivity contribution in [3.63, 3.8) is 0 Å². The molecule has 2 heterocycles. The topological polar surface area (TPSA) is 43.9 Å². The smallest absolute Gasteiger partial charge is 0.258 e. The molecule has 0 fully saturated rings. The molecule has 120 valence electrons. The molecule has 24 heavy (non-hydrogen) atoms. The fourth-order valence-corrected chi connectivity index (χ4v) is 4.26. The van der Waals surface area contributed by atoms with Crippen LogP contribution in [0.25, 0.3) is 21.7 Å². The van der Waals surface area contributed by atoms with Gasteiger partial charge >= 0.3 is 0 Å². The first kappa shape index (κ1) is 15.8. The van der Waals surface area contributed by atoms with E-state index in [4.69, 9.17) is 28.2 Å². The van der Waals surface area contributed by atoms with E-state index in [1.54, 1.807) is 4.68 Å². The van der Waals surface area contributed by atoms with Gasteiger partial charge in [-0.2, -0.15) is 5.10 Å². The molecule has 0 bridgehead atoms. The summed E-state index contributed by atoms with van der Waals surface area (Å²) in [5.74, 6) is 0.551. The zero-order valence-corrected chi connectivity index (χ0v) is 15.4. The second-order valence-corrected chi connectivity index (χ2v) is 7.86. The molecule has 4 nitrogen and oxygen atoms in total. The molecule has 0 saturated heterocycles. The second-order valence-electron chi connectivity index (χ2n) is 4.90. The van der Waals surface area contributed by atoms with Gasteiger partial charge in [-0.15, -0.1) is 0 Å². The van der Waals surface area contributed by atoms with E-state index in [1.807, 2.05) is 48.5 Å². The molecule has 2 aromatic carbocycles. The van der Waals surface area contributed by atoms with E-state index in [0.717, 1.165) is 21.7 Å². The van der Waals surface area contributed by atoms with E-state index < -0.39 is 0 Å². The predicted molar refractivity (Wildman–Crippen MR) is 101 cm³/mol. The molecule has 0 aliphatic rings. The normalized spacial score (nSPS) is 11.2. The second kappa shape index (κ2) is 6.68. The monoisotopic (exact) mass is 391 g/mol. The highest BCUT2D eigenvalue weighted by Gasteiger charge is 2.10. The number of oxazole rings is 1. The first-order chi connectivity index (χ1) is 11.7. The zero-order chi connectivity index (χ0) is 16.5. The predicted octanol–water partition coefficient (Wildman–Crippen LogP) is 5.89. The Morgan fingerprint density at radius 1 is 1.17 bits per heavy atom. The van der Waals surface area contributed by atoms with Gasteiger partial charge in [-0.05, 0) is 48.2 Å². The largest absolute Gasteiger partial charge is 0.431 e. The Kier molecular flexibility index (Phi) is 4.41. The van der Waals surface area contributed by atoms with Crippen LogP contribution in [0.3, 0.4) is 0 Å². The van der Waals surface area contributed by atoms with Crippen LogP contribution in [-0.4, -0.2) is 14.8 Å². The first-order valence-electron chi connectivity index (χ1n) is 7.01. The van der Waals surface area contributed by atoms with Gasteiger partial charge in [-0.25, -0.2) is 9.67 Å². The lowest BCUT2D eigenvalue weighted by molar-refractivity contribution is 0.488. The third-order valence-electron chi connectivity index (χ3n) is 3.28. The lowest BCUT2D eigenvalue weighted by Crippen LogP contribution is -1.96. The van der Waals surface area contributed by atoms with Crippen molar-refractivity contribution >= 4 is 58.0 Å². The van der Waals surface area contributed by atoms with Gasteiger partial charge in [0, 0.05) is 10.6 Å². The summed E-state index contributed by atoms with van der Waals surface area (Å²) in [7, 11) is 0. The molecule has 0 unspecified atom stereocenters. The van der Waals surface area contributed by atoms with E-state index in [1.165, 1.54) is 23.1 Å². The Morgan fingerprint density at radius 3 is 2.75 bits per heavy atom. The number of aromatic nitrogens is 3. The Morgan fingerprint density at radius 2 is 1.96 bits per heavy atom. The molecule has 0 atom stereocenters. The Balaban J connectivity index is 1.54. The summed E-state index contributed by atoms with van der Waals surface area (Å²) in [5, 5.41) is 6.76. The van der Waals surface area contributed by atoms with E-state index in [9.17, 15) is 0 Å². The molecule has 8 heteroatoms. The number of para-hydroxylation sites is 2. The molecular formula is C16H10ClN3OS3. The van der Waals surface area contributed by atoms with Gasteiger partial charge in [0.1, 0.15) is 10.5 Å². The van der Waals surface area contributed by atoms with Crippen molar-refractivity contribution in [3.8, 4) is 10.6 Å². The van der Waals surface area contributed by atoms with Gasteiger partial charge < -0.3 is 4.42 Å². The number of rotatable bonds is 4. The van der Waals surface area contributed by atoms with Crippen LogP contribution >= 0.6 is 46.9 Å². The van der Waals surface area contributed by atoms with Gasteiger partial charge in [-0.1, -0.05) is 47.2 Å². The van der Waals surface area contributed by atoms with Crippen LogP contribution < -0.4 is 0 Å². The van der Waals surface area contributed by atoms with E-state index in [0.29, 0.717) is 20.1 Å². The third-order valence-corrected chi connectivity index (χ3v) is 5.69. The molecule has 0 aliphatic heterocycles. The summed E-state index contributed by atoms with van der Waals surface area (Å²) in [6.07, 6.45) is 0. The summed E-state index contributed by atoms with van der Waals surface area (Å²) < 4.78 is 8.19. The number of halogens is 1. The van der Waals surface area contributed by atoms with E-state index in [2.05, 4.69) is 10.1 Å². The summed E-state index contributed by atoms with van der Waals surface area (Å²) in [4.78, 5) is 4.44. The molecule has 0 amide bonds. The summed E-state index contributed by atoms with van der Waals surface area (Å²) in [6, 6.07) is 15.3. The van der Waals surface area contributed by atoms with Crippen LogP contribution in [0.5, 0.6) is 0 Å². The Labute approximate surface area is 156 Å². The van der Waals surface area contributed by atoms with Crippen molar-refractivity contribution in [3.05, 3.63) is 57.5 Å². The van der Waals surface area contributed by atoms with Gasteiger partial charge in [-0.3, -0.25) is 0 Å². The summed E-state index contributed by atoms with van der Waals surface area (Å²) in [5.41, 5.74) is 2.63. The minimum absolute atomic E-state index is 0.551. The average Bonchev–Trinajstić information content (AvgIpc) is 3.16. The molecule has 0 saturated carbocycles. The minimum Gasteiger partial charge on any atom is -0.431 e. The average molecular weight is 392 g/mol. The van der Waals surface area contributed by atoms with Crippen molar-refractivity contribution in [1.29, 1.82) is 0 Å². The molecule has 4 aromatic rings. The van der Waals surface area contributed by atoms with Crippen LogP contribution in [-0.2, 0) is 5.88 Å². The number of benzene rings is 2. The van der Waals surface area contributed by atoms with Crippen LogP contribution in [0.2, 0.25) is 5.02 Å². The van der Waals surface area contributed by atoms with Gasteiger partial charge in [0.25, 0.3) is 5.22 Å². The SMILES string of the molecule is S=c1sc(-c2ccc(Cl)cc2)nn1CSc1nc2ccccc2o1. The number of hydrogen-bond donors (Lipinski definition) is 0. The number of nitrogens with zero attached hydrogens (tertiary/aromatic N) is 3. The van der Waals surface area contributed by atoms with Crippen molar-refractivity contribution in [2.24, 2.45) is 0 Å². The Bertz CT molecular complexity index is 1020.